The molecule has 0 amide bonds. The highest BCUT2D eigenvalue weighted by molar-refractivity contribution is 6.29. The smallest absolute Gasteiger partial charge is 0.157 e. The summed E-state index contributed by atoms with van der Waals surface area (Å²) in [5, 5.41) is 5.01. The number of methoxy groups -OCH3 is 2. The Kier molecular flexibility index (Phi) is 3.43. The number of ether oxygens (including phenoxy) is 2. The van der Waals surface area contributed by atoms with Crippen LogP contribution in [0.3, 0.4) is 0 Å². The maximum absolute atomic E-state index is 6.19. The summed E-state index contributed by atoms with van der Waals surface area (Å²) in [6, 6.07) is 9.26. The van der Waals surface area contributed by atoms with Crippen LogP contribution in [-0.4, -0.2) is 28.8 Å². The Morgan fingerprint density at radius 3 is 2.29 bits per heavy atom. The van der Waals surface area contributed by atoms with Crippen LogP contribution < -0.4 is 9.47 Å². The molecule has 2 heterocycles. The van der Waals surface area contributed by atoms with Crippen molar-refractivity contribution in [1.82, 2.24) is 14.6 Å². The van der Waals surface area contributed by atoms with Gasteiger partial charge in [0.15, 0.2) is 5.65 Å². The van der Waals surface area contributed by atoms with Crippen molar-refractivity contribution >= 4 is 17.2 Å². The van der Waals surface area contributed by atoms with E-state index < -0.39 is 0 Å². The van der Waals surface area contributed by atoms with Gasteiger partial charge in [-0.25, -0.2) is 9.50 Å². The number of benzene rings is 1. The first-order chi connectivity index (χ1) is 10.1. The van der Waals surface area contributed by atoms with E-state index in [-0.39, 0.29) is 0 Å². The molecule has 0 spiro atoms. The minimum Gasteiger partial charge on any atom is -0.497 e. The Bertz CT molecular complexity index is 792. The van der Waals surface area contributed by atoms with Crippen molar-refractivity contribution in [2.24, 2.45) is 0 Å². The van der Waals surface area contributed by atoms with Crippen LogP contribution in [0.2, 0.25) is 5.15 Å². The molecule has 0 saturated carbocycles. The van der Waals surface area contributed by atoms with Gasteiger partial charge in [0, 0.05) is 23.4 Å². The number of aromatic nitrogens is 3. The van der Waals surface area contributed by atoms with Crippen molar-refractivity contribution in [2.45, 2.75) is 6.92 Å². The van der Waals surface area contributed by atoms with Gasteiger partial charge in [-0.15, -0.1) is 0 Å². The summed E-state index contributed by atoms with van der Waals surface area (Å²) < 4.78 is 12.2. The quantitative estimate of drug-likeness (QED) is 0.696. The Morgan fingerprint density at radius 1 is 1.00 bits per heavy atom. The van der Waals surface area contributed by atoms with E-state index in [0.717, 1.165) is 17.0 Å². The van der Waals surface area contributed by atoms with Crippen LogP contribution in [0.1, 0.15) is 5.69 Å². The van der Waals surface area contributed by atoms with Crippen molar-refractivity contribution in [3.63, 3.8) is 0 Å². The molecule has 0 aliphatic carbocycles. The molecule has 21 heavy (non-hydrogen) atoms. The third kappa shape index (κ3) is 2.52. The Morgan fingerprint density at radius 2 is 1.67 bits per heavy atom. The van der Waals surface area contributed by atoms with Crippen LogP contribution in [0.25, 0.3) is 16.9 Å². The van der Waals surface area contributed by atoms with Crippen LogP contribution in [0.4, 0.5) is 0 Å². The molecule has 0 saturated heterocycles. The van der Waals surface area contributed by atoms with E-state index >= 15 is 0 Å². The molecule has 3 aromatic rings. The molecule has 0 N–H and O–H groups in total. The average molecular weight is 304 g/mol. The minimum absolute atomic E-state index is 0.526. The molecule has 0 radical (unpaired) electrons. The second-order valence-corrected chi connectivity index (χ2v) is 5.01. The summed E-state index contributed by atoms with van der Waals surface area (Å²) in [4.78, 5) is 4.42. The molecule has 0 bridgehead atoms. The fraction of sp³-hybridized carbons (Fsp3) is 0.200. The van der Waals surface area contributed by atoms with Gasteiger partial charge in [0.25, 0.3) is 0 Å². The zero-order valence-corrected chi connectivity index (χ0v) is 12.7. The third-order valence-corrected chi connectivity index (χ3v) is 3.43. The van der Waals surface area contributed by atoms with Crippen molar-refractivity contribution in [2.75, 3.05) is 14.2 Å². The van der Waals surface area contributed by atoms with Crippen LogP contribution in [0.15, 0.2) is 30.3 Å². The van der Waals surface area contributed by atoms with E-state index in [4.69, 9.17) is 21.1 Å². The molecule has 5 nitrogen and oxygen atoms in total. The number of hydrogen-bond acceptors (Lipinski definition) is 4. The molecule has 0 unspecified atom stereocenters. The topological polar surface area (TPSA) is 48.7 Å². The Balaban J connectivity index is 2.18. The normalized spacial score (nSPS) is 10.9. The fourth-order valence-corrected chi connectivity index (χ4v) is 2.43. The van der Waals surface area contributed by atoms with E-state index in [9.17, 15) is 0 Å². The lowest BCUT2D eigenvalue weighted by Gasteiger charge is -2.06. The van der Waals surface area contributed by atoms with Crippen LogP contribution in [-0.2, 0) is 0 Å². The molecule has 2 aromatic heterocycles. The van der Waals surface area contributed by atoms with Gasteiger partial charge >= 0.3 is 0 Å². The van der Waals surface area contributed by atoms with Crippen LogP contribution >= 0.6 is 11.6 Å². The lowest BCUT2D eigenvalue weighted by molar-refractivity contribution is 0.394. The maximum atomic E-state index is 6.19. The van der Waals surface area contributed by atoms with Gasteiger partial charge in [-0.2, -0.15) is 5.10 Å². The van der Waals surface area contributed by atoms with E-state index in [1.54, 1.807) is 24.8 Å². The van der Waals surface area contributed by atoms with Gasteiger partial charge in [-0.05, 0) is 25.1 Å². The molecule has 3 rings (SSSR count). The van der Waals surface area contributed by atoms with Crippen molar-refractivity contribution < 1.29 is 9.47 Å². The van der Waals surface area contributed by atoms with E-state index in [1.807, 2.05) is 31.2 Å². The molecular formula is C15H14ClN3O2. The molecular weight excluding hydrogens is 290 g/mol. The van der Waals surface area contributed by atoms with E-state index in [1.165, 1.54) is 0 Å². The number of rotatable bonds is 3. The summed E-state index contributed by atoms with van der Waals surface area (Å²) in [7, 11) is 3.23. The molecule has 0 aliphatic rings. The average Bonchev–Trinajstić information content (AvgIpc) is 2.91. The molecule has 1 aromatic carbocycles. The highest BCUT2D eigenvalue weighted by atomic mass is 35.5. The van der Waals surface area contributed by atoms with Crippen molar-refractivity contribution in [1.29, 1.82) is 0 Å². The first kappa shape index (κ1) is 13.7. The van der Waals surface area contributed by atoms with Gasteiger partial charge in [0.1, 0.15) is 16.7 Å². The summed E-state index contributed by atoms with van der Waals surface area (Å²) >= 11 is 6.19. The molecule has 6 heteroatoms. The second kappa shape index (κ2) is 5.26. The zero-order valence-electron chi connectivity index (χ0n) is 11.9. The number of hydrogen-bond donors (Lipinski definition) is 0. The van der Waals surface area contributed by atoms with Crippen LogP contribution in [0, 0.1) is 6.92 Å². The predicted molar refractivity (Wildman–Crippen MR) is 81.3 cm³/mol. The molecule has 0 fully saturated rings. The Labute approximate surface area is 127 Å². The Hall–Kier alpha value is -2.27. The van der Waals surface area contributed by atoms with Crippen LogP contribution in [0.5, 0.6) is 11.5 Å². The molecule has 0 aliphatic heterocycles. The SMILES string of the molecule is COc1cc(OC)cc(-c2cc3nc(C)cc(Cl)n3n2)c1. The van der Waals surface area contributed by atoms with E-state index in [0.29, 0.717) is 22.3 Å². The number of nitrogens with zero attached hydrogens (tertiary/aromatic N) is 3. The fourth-order valence-electron chi connectivity index (χ4n) is 2.15. The summed E-state index contributed by atoms with van der Waals surface area (Å²) in [5.41, 5.74) is 3.19. The van der Waals surface area contributed by atoms with Gasteiger partial charge in [0.05, 0.1) is 19.9 Å². The predicted octanol–water partition coefficient (Wildman–Crippen LogP) is 3.38. The monoisotopic (exact) mass is 303 g/mol. The van der Waals surface area contributed by atoms with E-state index in [2.05, 4.69) is 10.1 Å². The van der Waals surface area contributed by atoms with Gasteiger partial charge in [-0.1, -0.05) is 11.6 Å². The first-order valence-electron chi connectivity index (χ1n) is 6.37. The zero-order chi connectivity index (χ0) is 15.0. The largest absolute Gasteiger partial charge is 0.497 e. The van der Waals surface area contributed by atoms with Crippen molar-refractivity contribution in [3.8, 4) is 22.8 Å². The highest BCUT2D eigenvalue weighted by Gasteiger charge is 2.11. The summed E-state index contributed by atoms with van der Waals surface area (Å²) in [6.45, 7) is 1.90. The number of aryl methyl sites for hydroxylation is 1. The van der Waals surface area contributed by atoms with Gasteiger partial charge in [0.2, 0.25) is 0 Å². The first-order valence-corrected chi connectivity index (χ1v) is 6.75. The minimum atomic E-state index is 0.526. The molecule has 108 valence electrons. The van der Waals surface area contributed by atoms with Gasteiger partial charge in [-0.3, -0.25) is 0 Å². The lowest BCUT2D eigenvalue weighted by atomic mass is 10.1. The second-order valence-electron chi connectivity index (χ2n) is 4.62. The summed E-state index contributed by atoms with van der Waals surface area (Å²) in [6.07, 6.45) is 0. The van der Waals surface area contributed by atoms with Gasteiger partial charge < -0.3 is 9.47 Å². The highest BCUT2D eigenvalue weighted by Crippen LogP contribution is 2.30. The number of fused-ring (bicyclic) bond motifs is 1. The molecule has 0 atom stereocenters. The maximum Gasteiger partial charge on any atom is 0.157 e. The van der Waals surface area contributed by atoms with Crippen molar-refractivity contribution in [3.05, 3.63) is 41.2 Å². The lowest BCUT2D eigenvalue weighted by Crippen LogP contribution is -1.94. The third-order valence-electron chi connectivity index (χ3n) is 3.16. The summed E-state index contributed by atoms with van der Waals surface area (Å²) in [5.74, 6) is 1.41. The standard InChI is InChI=1S/C15H14ClN3O2/c1-9-4-14(16)19-15(17-9)8-13(18-19)10-5-11(20-2)7-12(6-10)21-3/h4-8H,1-3H3. The number of halogens is 1.